The van der Waals surface area contributed by atoms with Crippen LogP contribution in [-0.4, -0.2) is 4.57 Å². The second kappa shape index (κ2) is 5.97. The van der Waals surface area contributed by atoms with Gasteiger partial charge in [0.05, 0.1) is 7.05 Å². The van der Waals surface area contributed by atoms with E-state index in [1.165, 1.54) is 15.6 Å². The summed E-state index contributed by atoms with van der Waals surface area (Å²) in [6.07, 6.45) is 4.24. The molecule has 100 valence electrons. The Hall–Kier alpha value is -2.00. The van der Waals surface area contributed by atoms with E-state index in [0.717, 1.165) is 6.54 Å². The van der Waals surface area contributed by atoms with Crippen molar-refractivity contribution in [3.05, 3.63) is 78.6 Å². The van der Waals surface area contributed by atoms with Crippen LogP contribution < -0.4 is 4.57 Å². The molecular formula is C17H17N2S+. The molecule has 0 aliphatic heterocycles. The van der Waals surface area contributed by atoms with Gasteiger partial charge in [0, 0.05) is 4.90 Å². The standard InChI is InChI=1S/C17H17N2S/c1-18-12-13-19(14-15-8-4-2-5-9-15)17(18)20-16-10-6-3-7-11-16/h2-13H,14H2,1H3/q+1. The third-order valence-electron chi connectivity index (χ3n) is 3.17. The molecule has 0 amide bonds. The molecule has 2 aromatic carbocycles. The van der Waals surface area contributed by atoms with Crippen LogP contribution in [0.2, 0.25) is 0 Å². The molecule has 0 aliphatic carbocycles. The molecule has 0 radical (unpaired) electrons. The van der Waals surface area contributed by atoms with Gasteiger partial charge in [-0.05, 0) is 29.5 Å². The first kappa shape index (κ1) is 13.0. The average molecular weight is 281 g/mol. The highest BCUT2D eigenvalue weighted by Gasteiger charge is 2.16. The molecular weight excluding hydrogens is 264 g/mol. The number of imidazole rings is 1. The summed E-state index contributed by atoms with van der Waals surface area (Å²) in [5, 5.41) is 1.24. The zero-order valence-corrected chi connectivity index (χ0v) is 12.3. The largest absolute Gasteiger partial charge is 0.322 e. The first-order valence-corrected chi connectivity index (χ1v) is 7.46. The Morgan fingerprint density at radius 1 is 0.950 bits per heavy atom. The number of nitrogens with zero attached hydrogens (tertiary/aromatic N) is 2. The van der Waals surface area contributed by atoms with Crippen molar-refractivity contribution in [1.82, 2.24) is 4.57 Å². The Morgan fingerprint density at radius 3 is 2.30 bits per heavy atom. The molecule has 0 N–H and O–H groups in total. The van der Waals surface area contributed by atoms with E-state index in [-0.39, 0.29) is 0 Å². The number of aromatic nitrogens is 2. The molecule has 0 bridgehead atoms. The van der Waals surface area contributed by atoms with Gasteiger partial charge in [-0.1, -0.05) is 48.5 Å². The lowest BCUT2D eigenvalue weighted by Crippen LogP contribution is -2.28. The molecule has 0 aliphatic rings. The highest BCUT2D eigenvalue weighted by molar-refractivity contribution is 7.99. The highest BCUT2D eigenvalue weighted by atomic mass is 32.2. The van der Waals surface area contributed by atoms with Crippen LogP contribution in [0, 0.1) is 0 Å². The van der Waals surface area contributed by atoms with Gasteiger partial charge in [-0.25, -0.2) is 9.13 Å². The van der Waals surface area contributed by atoms with Crippen LogP contribution in [0.25, 0.3) is 0 Å². The molecule has 20 heavy (non-hydrogen) atoms. The predicted molar refractivity (Wildman–Crippen MR) is 81.7 cm³/mol. The second-order valence-electron chi connectivity index (χ2n) is 4.72. The van der Waals surface area contributed by atoms with Crippen LogP contribution >= 0.6 is 11.8 Å². The molecule has 0 saturated carbocycles. The monoisotopic (exact) mass is 281 g/mol. The average Bonchev–Trinajstić information content (AvgIpc) is 2.83. The van der Waals surface area contributed by atoms with Crippen molar-refractivity contribution in [2.45, 2.75) is 16.6 Å². The van der Waals surface area contributed by atoms with Gasteiger partial charge in [0.15, 0.2) is 0 Å². The van der Waals surface area contributed by atoms with E-state index in [1.54, 1.807) is 11.8 Å². The van der Waals surface area contributed by atoms with Gasteiger partial charge in [0.2, 0.25) is 0 Å². The third-order valence-corrected chi connectivity index (χ3v) is 4.38. The van der Waals surface area contributed by atoms with Gasteiger partial charge in [-0.3, -0.25) is 0 Å². The van der Waals surface area contributed by atoms with Crippen molar-refractivity contribution in [3.8, 4) is 0 Å². The van der Waals surface area contributed by atoms with Gasteiger partial charge < -0.3 is 0 Å². The molecule has 0 unspecified atom stereocenters. The summed E-state index contributed by atoms with van der Waals surface area (Å²) in [4.78, 5) is 1.26. The number of hydrogen-bond acceptors (Lipinski definition) is 1. The molecule has 2 nitrogen and oxygen atoms in total. The molecule has 3 rings (SSSR count). The van der Waals surface area contributed by atoms with Gasteiger partial charge >= 0.3 is 5.16 Å². The summed E-state index contributed by atoms with van der Waals surface area (Å²) in [5.74, 6) is 0. The fourth-order valence-corrected chi connectivity index (χ4v) is 3.09. The van der Waals surface area contributed by atoms with Crippen LogP contribution in [-0.2, 0) is 13.6 Å². The number of aryl methyl sites for hydroxylation is 1. The van der Waals surface area contributed by atoms with Crippen molar-refractivity contribution < 1.29 is 4.57 Å². The molecule has 0 atom stereocenters. The minimum absolute atomic E-state index is 0.900. The van der Waals surface area contributed by atoms with Crippen molar-refractivity contribution in [2.75, 3.05) is 0 Å². The Morgan fingerprint density at radius 2 is 1.60 bits per heavy atom. The highest BCUT2D eigenvalue weighted by Crippen LogP contribution is 2.25. The first-order valence-electron chi connectivity index (χ1n) is 6.64. The van der Waals surface area contributed by atoms with Crippen molar-refractivity contribution in [2.24, 2.45) is 7.05 Å². The summed E-state index contributed by atoms with van der Waals surface area (Å²) in [5.41, 5.74) is 1.32. The topological polar surface area (TPSA) is 8.81 Å². The fraction of sp³-hybridized carbons (Fsp3) is 0.118. The lowest BCUT2D eigenvalue weighted by Gasteiger charge is -2.03. The van der Waals surface area contributed by atoms with E-state index in [9.17, 15) is 0 Å². The maximum absolute atomic E-state index is 2.28. The van der Waals surface area contributed by atoms with Crippen LogP contribution in [0.4, 0.5) is 0 Å². The molecule has 0 spiro atoms. The number of benzene rings is 2. The Labute approximate surface area is 123 Å². The minimum atomic E-state index is 0.900. The molecule has 3 heteroatoms. The zero-order valence-electron chi connectivity index (χ0n) is 11.4. The van der Waals surface area contributed by atoms with Crippen LogP contribution in [0.15, 0.2) is 83.1 Å². The Bertz CT molecular complexity index is 675. The fourth-order valence-electron chi connectivity index (χ4n) is 2.14. The maximum atomic E-state index is 2.28. The Kier molecular flexibility index (Phi) is 3.88. The van der Waals surface area contributed by atoms with Crippen LogP contribution in [0.3, 0.4) is 0 Å². The summed E-state index contributed by atoms with van der Waals surface area (Å²) in [7, 11) is 2.09. The van der Waals surface area contributed by atoms with E-state index in [4.69, 9.17) is 0 Å². The summed E-state index contributed by atoms with van der Waals surface area (Å²) in [6, 6.07) is 21.0. The summed E-state index contributed by atoms with van der Waals surface area (Å²) < 4.78 is 4.45. The maximum Gasteiger partial charge on any atom is 0.322 e. The lowest BCUT2D eigenvalue weighted by molar-refractivity contribution is -0.709. The van der Waals surface area contributed by atoms with E-state index in [0.29, 0.717) is 0 Å². The lowest BCUT2D eigenvalue weighted by atomic mass is 10.2. The van der Waals surface area contributed by atoms with Gasteiger partial charge in [-0.2, -0.15) is 0 Å². The second-order valence-corrected chi connectivity index (χ2v) is 5.76. The van der Waals surface area contributed by atoms with Gasteiger partial charge in [0.25, 0.3) is 0 Å². The SMILES string of the molecule is C[n+]1ccn(Cc2ccccc2)c1Sc1ccccc1. The van der Waals surface area contributed by atoms with Gasteiger partial charge in [0.1, 0.15) is 18.9 Å². The Balaban J connectivity index is 1.86. The quantitative estimate of drug-likeness (QED) is 0.665. The summed E-state index contributed by atoms with van der Waals surface area (Å²) in [6.45, 7) is 0.900. The minimum Gasteiger partial charge on any atom is -0.227 e. The normalized spacial score (nSPS) is 10.7. The smallest absolute Gasteiger partial charge is 0.227 e. The van der Waals surface area contributed by atoms with E-state index >= 15 is 0 Å². The van der Waals surface area contributed by atoms with Crippen molar-refractivity contribution >= 4 is 11.8 Å². The number of rotatable bonds is 4. The molecule has 3 aromatic rings. The van der Waals surface area contributed by atoms with Crippen LogP contribution in [0.5, 0.6) is 0 Å². The summed E-state index contributed by atoms with van der Waals surface area (Å²) >= 11 is 1.79. The van der Waals surface area contributed by atoms with Gasteiger partial charge in [-0.15, -0.1) is 0 Å². The molecule has 0 fully saturated rings. The van der Waals surface area contributed by atoms with E-state index in [1.807, 2.05) is 6.07 Å². The zero-order chi connectivity index (χ0) is 13.8. The molecule has 1 aromatic heterocycles. The van der Waals surface area contributed by atoms with E-state index < -0.39 is 0 Å². The predicted octanol–water partition coefficient (Wildman–Crippen LogP) is 3.51. The molecule has 0 saturated heterocycles. The van der Waals surface area contributed by atoms with Crippen molar-refractivity contribution in [3.63, 3.8) is 0 Å². The van der Waals surface area contributed by atoms with Crippen molar-refractivity contribution in [1.29, 1.82) is 0 Å². The third kappa shape index (κ3) is 2.94. The molecule has 1 heterocycles. The van der Waals surface area contributed by atoms with Crippen LogP contribution in [0.1, 0.15) is 5.56 Å². The first-order chi connectivity index (χ1) is 9.83. The van der Waals surface area contributed by atoms with E-state index in [2.05, 4.69) is 83.2 Å². The number of hydrogen-bond donors (Lipinski definition) is 0.